The number of amides is 1. The van der Waals surface area contributed by atoms with Crippen LogP contribution in [0.4, 0.5) is 5.00 Å². The molecule has 3 heterocycles. The van der Waals surface area contributed by atoms with Gasteiger partial charge in [0.15, 0.2) is 0 Å². The fraction of sp³-hybridized carbons (Fsp3) is 0.308. The van der Waals surface area contributed by atoms with Gasteiger partial charge in [-0.15, -0.1) is 0 Å². The molecule has 2 aromatic rings. The molecular formula is C13H14N4OS. The Morgan fingerprint density at radius 3 is 3.05 bits per heavy atom. The first kappa shape index (κ1) is 12.3. The molecule has 1 unspecified atom stereocenters. The number of pyridine rings is 1. The van der Waals surface area contributed by atoms with Crippen LogP contribution in [0.3, 0.4) is 0 Å². The molecule has 1 saturated heterocycles. The van der Waals surface area contributed by atoms with Crippen LogP contribution >= 0.6 is 11.3 Å². The van der Waals surface area contributed by atoms with Crippen molar-refractivity contribution in [1.82, 2.24) is 15.3 Å². The summed E-state index contributed by atoms with van der Waals surface area (Å²) in [6.45, 7) is 2.82. The highest BCUT2D eigenvalue weighted by Gasteiger charge is 2.25. The van der Waals surface area contributed by atoms with Gasteiger partial charge in [-0.3, -0.25) is 9.78 Å². The molecular weight excluding hydrogens is 260 g/mol. The Kier molecular flexibility index (Phi) is 3.27. The molecule has 3 rings (SSSR count). The lowest BCUT2D eigenvalue weighted by atomic mass is 10.1. The summed E-state index contributed by atoms with van der Waals surface area (Å²) in [6, 6.07) is 3.79. The SMILES string of the molecule is Cc1nc(-c2cccnc2)sc1NC(=O)C1CCN1. The third kappa shape index (κ3) is 2.50. The maximum Gasteiger partial charge on any atom is 0.242 e. The Morgan fingerprint density at radius 1 is 1.58 bits per heavy atom. The predicted molar refractivity (Wildman–Crippen MR) is 75.1 cm³/mol. The van der Waals surface area contributed by atoms with E-state index in [4.69, 9.17) is 0 Å². The first-order valence-corrected chi connectivity index (χ1v) is 6.98. The summed E-state index contributed by atoms with van der Waals surface area (Å²) in [7, 11) is 0. The van der Waals surface area contributed by atoms with E-state index in [1.165, 1.54) is 11.3 Å². The monoisotopic (exact) mass is 274 g/mol. The van der Waals surface area contributed by atoms with Crippen LogP contribution in [0.2, 0.25) is 0 Å². The van der Waals surface area contributed by atoms with Gasteiger partial charge in [0.05, 0.1) is 11.7 Å². The number of aromatic nitrogens is 2. The van der Waals surface area contributed by atoms with Crippen LogP contribution in [-0.4, -0.2) is 28.5 Å². The van der Waals surface area contributed by atoms with Gasteiger partial charge < -0.3 is 10.6 Å². The minimum absolute atomic E-state index is 0.0238. The van der Waals surface area contributed by atoms with E-state index in [0.29, 0.717) is 0 Å². The highest BCUT2D eigenvalue weighted by atomic mass is 32.1. The minimum Gasteiger partial charge on any atom is -0.315 e. The normalized spacial score (nSPS) is 17.8. The van der Waals surface area contributed by atoms with Gasteiger partial charge in [-0.05, 0) is 32.0 Å². The number of carbonyl (C=O) groups excluding carboxylic acids is 1. The fourth-order valence-corrected chi connectivity index (χ4v) is 2.80. The minimum atomic E-state index is -0.0525. The van der Waals surface area contributed by atoms with Crippen molar-refractivity contribution in [3.8, 4) is 10.6 Å². The lowest BCUT2D eigenvalue weighted by Crippen LogP contribution is -2.50. The van der Waals surface area contributed by atoms with Crippen LogP contribution in [0.1, 0.15) is 12.1 Å². The second-order valence-electron chi connectivity index (χ2n) is 4.46. The first-order valence-electron chi connectivity index (χ1n) is 6.16. The summed E-state index contributed by atoms with van der Waals surface area (Å²) in [5, 5.41) is 7.72. The molecule has 0 saturated carbocycles. The maximum absolute atomic E-state index is 11.9. The van der Waals surface area contributed by atoms with Crippen molar-refractivity contribution in [1.29, 1.82) is 0 Å². The number of hydrogen-bond donors (Lipinski definition) is 2. The summed E-state index contributed by atoms with van der Waals surface area (Å²) >= 11 is 1.48. The van der Waals surface area contributed by atoms with Crippen LogP contribution in [-0.2, 0) is 4.79 Å². The molecule has 1 aliphatic heterocycles. The number of nitrogens with one attached hydrogen (secondary N) is 2. The van der Waals surface area contributed by atoms with E-state index in [0.717, 1.165) is 34.2 Å². The highest BCUT2D eigenvalue weighted by Crippen LogP contribution is 2.31. The number of thiazole rings is 1. The summed E-state index contributed by atoms with van der Waals surface area (Å²) in [6.07, 6.45) is 4.41. The van der Waals surface area contributed by atoms with E-state index in [9.17, 15) is 4.79 Å². The Labute approximate surface area is 115 Å². The van der Waals surface area contributed by atoms with Crippen molar-refractivity contribution in [3.05, 3.63) is 30.2 Å². The Morgan fingerprint density at radius 2 is 2.42 bits per heavy atom. The number of nitrogens with zero attached hydrogens (tertiary/aromatic N) is 2. The Hall–Kier alpha value is -1.79. The molecule has 2 N–H and O–H groups in total. The summed E-state index contributed by atoms with van der Waals surface area (Å²) in [5.41, 5.74) is 1.81. The average molecular weight is 274 g/mol. The predicted octanol–water partition coefficient (Wildman–Crippen LogP) is 1.81. The molecule has 5 nitrogen and oxygen atoms in total. The van der Waals surface area contributed by atoms with Crippen molar-refractivity contribution >= 4 is 22.2 Å². The van der Waals surface area contributed by atoms with Gasteiger partial charge in [-0.1, -0.05) is 11.3 Å². The summed E-state index contributed by atoms with van der Waals surface area (Å²) in [5.74, 6) is 0.0238. The van der Waals surface area contributed by atoms with Gasteiger partial charge in [0.1, 0.15) is 10.0 Å². The molecule has 19 heavy (non-hydrogen) atoms. The second-order valence-corrected chi connectivity index (χ2v) is 5.46. The zero-order chi connectivity index (χ0) is 13.2. The molecule has 0 spiro atoms. The van der Waals surface area contributed by atoms with Crippen molar-refractivity contribution in [2.45, 2.75) is 19.4 Å². The van der Waals surface area contributed by atoms with Crippen LogP contribution in [0, 0.1) is 6.92 Å². The number of rotatable bonds is 3. The van der Waals surface area contributed by atoms with Crippen LogP contribution in [0.5, 0.6) is 0 Å². The summed E-state index contributed by atoms with van der Waals surface area (Å²) in [4.78, 5) is 20.4. The molecule has 0 aromatic carbocycles. The van der Waals surface area contributed by atoms with E-state index in [-0.39, 0.29) is 11.9 Å². The van der Waals surface area contributed by atoms with Crippen molar-refractivity contribution in [2.24, 2.45) is 0 Å². The smallest absolute Gasteiger partial charge is 0.242 e. The van der Waals surface area contributed by atoms with Gasteiger partial charge in [-0.25, -0.2) is 4.98 Å². The molecule has 2 aromatic heterocycles. The highest BCUT2D eigenvalue weighted by molar-refractivity contribution is 7.19. The zero-order valence-corrected chi connectivity index (χ0v) is 11.3. The number of carbonyl (C=O) groups is 1. The molecule has 1 amide bonds. The van der Waals surface area contributed by atoms with Crippen molar-refractivity contribution in [3.63, 3.8) is 0 Å². The number of anilines is 1. The zero-order valence-electron chi connectivity index (χ0n) is 10.5. The quantitative estimate of drug-likeness (QED) is 0.896. The van der Waals surface area contributed by atoms with Crippen LogP contribution in [0.25, 0.3) is 10.6 Å². The van der Waals surface area contributed by atoms with Gasteiger partial charge in [-0.2, -0.15) is 0 Å². The van der Waals surface area contributed by atoms with E-state index in [1.54, 1.807) is 12.4 Å². The first-order chi connectivity index (χ1) is 9.24. The van der Waals surface area contributed by atoms with Crippen molar-refractivity contribution < 1.29 is 4.79 Å². The Bertz CT molecular complexity index is 592. The average Bonchev–Trinajstić information content (AvgIpc) is 2.70. The van der Waals surface area contributed by atoms with Crippen LogP contribution < -0.4 is 10.6 Å². The van der Waals surface area contributed by atoms with Crippen molar-refractivity contribution in [2.75, 3.05) is 11.9 Å². The largest absolute Gasteiger partial charge is 0.315 e. The molecule has 0 bridgehead atoms. The molecule has 1 aliphatic rings. The topological polar surface area (TPSA) is 66.9 Å². The van der Waals surface area contributed by atoms with Gasteiger partial charge in [0.25, 0.3) is 0 Å². The number of aryl methyl sites for hydroxylation is 1. The molecule has 1 fully saturated rings. The van der Waals surface area contributed by atoms with E-state index in [1.807, 2.05) is 19.1 Å². The van der Waals surface area contributed by atoms with E-state index >= 15 is 0 Å². The third-order valence-corrected chi connectivity index (χ3v) is 4.20. The lowest BCUT2D eigenvalue weighted by molar-refractivity contribution is -0.119. The molecule has 0 aliphatic carbocycles. The third-order valence-electron chi connectivity index (χ3n) is 3.08. The van der Waals surface area contributed by atoms with E-state index in [2.05, 4.69) is 20.6 Å². The molecule has 98 valence electrons. The van der Waals surface area contributed by atoms with Gasteiger partial charge in [0, 0.05) is 18.0 Å². The second kappa shape index (κ2) is 5.07. The fourth-order valence-electron chi connectivity index (χ4n) is 1.84. The lowest BCUT2D eigenvalue weighted by Gasteiger charge is -2.25. The molecule has 6 heteroatoms. The number of hydrogen-bond acceptors (Lipinski definition) is 5. The van der Waals surface area contributed by atoms with Gasteiger partial charge >= 0.3 is 0 Å². The van der Waals surface area contributed by atoms with Gasteiger partial charge in [0.2, 0.25) is 5.91 Å². The molecule has 1 atom stereocenters. The van der Waals surface area contributed by atoms with E-state index < -0.39 is 0 Å². The molecule has 0 radical (unpaired) electrons. The Balaban J connectivity index is 1.79. The summed E-state index contributed by atoms with van der Waals surface area (Å²) < 4.78 is 0. The maximum atomic E-state index is 11.9. The standard InChI is InChI=1S/C13H14N4OS/c1-8-12(17-11(18)10-4-6-15-10)19-13(16-8)9-3-2-5-14-7-9/h2-3,5,7,10,15H,4,6H2,1H3,(H,17,18). The van der Waals surface area contributed by atoms with Crippen LogP contribution in [0.15, 0.2) is 24.5 Å².